The molecule has 0 aliphatic rings. The van der Waals surface area contributed by atoms with Gasteiger partial charge in [0.15, 0.2) is 11.5 Å². The number of aliphatic imine (C=N–C) groups is 1. The van der Waals surface area contributed by atoms with Crippen LogP contribution in [0.3, 0.4) is 0 Å². The first-order valence-corrected chi connectivity index (χ1v) is 6.24. The molecule has 0 aliphatic carbocycles. The summed E-state index contributed by atoms with van der Waals surface area (Å²) in [7, 11) is 3.13. The van der Waals surface area contributed by atoms with Crippen LogP contribution in [0.4, 0.5) is 0 Å². The SMILES string of the molecule is COc1cc(Cl)c(C=NCCCO)cc1OC.[C-]#[O+].[C-]#[O+].[C-]#[O+].[Cr]. The third-order valence-electron chi connectivity index (χ3n) is 2.18. The predicted molar refractivity (Wildman–Crippen MR) is 80.5 cm³/mol. The monoisotopic (exact) mass is 393 g/mol. The Labute approximate surface area is 156 Å². The van der Waals surface area contributed by atoms with Gasteiger partial charge in [0, 0.05) is 48.4 Å². The molecule has 0 atom stereocenters. The molecule has 1 N–H and O–H groups in total. The van der Waals surface area contributed by atoms with E-state index in [4.69, 9.17) is 40.1 Å². The van der Waals surface area contributed by atoms with Crippen LogP contribution in [0.15, 0.2) is 17.1 Å². The second-order valence-electron chi connectivity index (χ2n) is 3.34. The maximum Gasteiger partial charge on any atom is 0 e. The number of aliphatic hydroxyl groups is 1. The van der Waals surface area contributed by atoms with Crippen molar-refractivity contribution < 1.29 is 45.9 Å². The Kier molecular flexibility index (Phi) is 30.1. The summed E-state index contributed by atoms with van der Waals surface area (Å²) in [5.41, 5.74) is 0.766. The first-order valence-electron chi connectivity index (χ1n) is 5.86. The maximum absolute atomic E-state index is 8.63. The van der Waals surface area contributed by atoms with Crippen molar-refractivity contribution in [3.05, 3.63) is 42.7 Å². The third-order valence-corrected chi connectivity index (χ3v) is 2.51. The zero-order valence-corrected chi connectivity index (χ0v) is 15.1. The van der Waals surface area contributed by atoms with E-state index in [2.05, 4.69) is 24.9 Å². The van der Waals surface area contributed by atoms with Crippen LogP contribution < -0.4 is 9.47 Å². The van der Waals surface area contributed by atoms with Gasteiger partial charge in [0.2, 0.25) is 0 Å². The number of ether oxygens (including phenoxy) is 2. The molecular formula is C15H16ClCrNO6. The van der Waals surface area contributed by atoms with Crippen LogP contribution in [0.25, 0.3) is 0 Å². The standard InChI is InChI=1S/C12H16ClNO3.3CO.Cr/c1-16-11-6-9(8-14-4-3-5-15)10(13)7-12(11)17-2;3*1-2;/h6-8,15H,3-5H2,1-2H3;;;;. The van der Waals surface area contributed by atoms with E-state index in [1.54, 1.807) is 32.6 Å². The molecule has 1 rings (SSSR count). The van der Waals surface area contributed by atoms with Gasteiger partial charge in [-0.25, -0.2) is 0 Å². The van der Waals surface area contributed by atoms with E-state index >= 15 is 0 Å². The summed E-state index contributed by atoms with van der Waals surface area (Å²) in [4.78, 5) is 4.16. The molecule has 7 nitrogen and oxygen atoms in total. The minimum absolute atomic E-state index is 0. The molecule has 9 heteroatoms. The molecule has 0 bridgehead atoms. The molecule has 0 aliphatic heterocycles. The van der Waals surface area contributed by atoms with Crippen LogP contribution in [0.2, 0.25) is 5.02 Å². The molecule has 0 saturated carbocycles. The molecule has 0 amide bonds. The van der Waals surface area contributed by atoms with Crippen molar-refractivity contribution in [2.24, 2.45) is 4.99 Å². The zero-order chi connectivity index (χ0) is 18.7. The van der Waals surface area contributed by atoms with Crippen molar-refractivity contribution in [2.75, 3.05) is 27.4 Å². The molecule has 1 aromatic rings. The molecule has 1 aromatic carbocycles. The fraction of sp³-hybridized carbons (Fsp3) is 0.333. The number of hydrogen-bond acceptors (Lipinski definition) is 4. The van der Waals surface area contributed by atoms with Gasteiger partial charge in [-0.2, -0.15) is 0 Å². The minimum atomic E-state index is 0. The Morgan fingerprint density at radius 2 is 1.54 bits per heavy atom. The molecule has 0 fully saturated rings. The predicted octanol–water partition coefficient (Wildman–Crippen LogP) is 2.04. The van der Waals surface area contributed by atoms with Gasteiger partial charge in [0.1, 0.15) is 0 Å². The summed E-state index contributed by atoms with van der Waals surface area (Å²) in [6.07, 6.45) is 2.31. The molecule has 0 unspecified atom stereocenters. The molecule has 0 spiro atoms. The van der Waals surface area contributed by atoms with E-state index < -0.39 is 0 Å². The number of halogens is 1. The summed E-state index contributed by atoms with van der Waals surface area (Å²) in [5, 5.41) is 9.18. The summed E-state index contributed by atoms with van der Waals surface area (Å²) in [6.45, 7) is 14.2. The molecule has 0 aromatic heterocycles. The summed E-state index contributed by atoms with van der Waals surface area (Å²) in [5.74, 6) is 1.20. The molecule has 130 valence electrons. The van der Waals surface area contributed by atoms with E-state index in [1.165, 1.54) is 0 Å². The normalized spacial score (nSPS) is 7.92. The first kappa shape index (κ1) is 30.4. The Hall–Kier alpha value is -1.51. The molecular weight excluding hydrogens is 378 g/mol. The smallest absolute Gasteiger partial charge is 0 e. The van der Waals surface area contributed by atoms with Crippen molar-refractivity contribution in [3.63, 3.8) is 0 Å². The van der Waals surface area contributed by atoms with E-state index in [0.717, 1.165) is 5.56 Å². The van der Waals surface area contributed by atoms with Gasteiger partial charge in [-0.3, -0.25) is 4.99 Å². The van der Waals surface area contributed by atoms with Crippen molar-refractivity contribution >= 4 is 17.8 Å². The molecule has 24 heavy (non-hydrogen) atoms. The van der Waals surface area contributed by atoms with Crippen molar-refractivity contribution in [1.29, 1.82) is 0 Å². The van der Waals surface area contributed by atoms with Crippen LogP contribution in [-0.2, 0) is 31.3 Å². The fourth-order valence-corrected chi connectivity index (χ4v) is 1.50. The van der Waals surface area contributed by atoms with Gasteiger partial charge < -0.3 is 14.6 Å². The van der Waals surface area contributed by atoms with E-state index in [-0.39, 0.29) is 24.0 Å². The zero-order valence-electron chi connectivity index (χ0n) is 13.1. The number of aliphatic hydroxyl groups excluding tert-OH is 1. The second-order valence-corrected chi connectivity index (χ2v) is 3.75. The van der Waals surface area contributed by atoms with Crippen molar-refractivity contribution in [2.45, 2.75) is 6.42 Å². The average molecular weight is 394 g/mol. The Bertz CT molecular complexity index is 502. The Morgan fingerprint density at radius 3 is 1.96 bits per heavy atom. The van der Waals surface area contributed by atoms with Gasteiger partial charge in [-0.1, -0.05) is 11.6 Å². The number of benzene rings is 1. The average Bonchev–Trinajstić information content (AvgIpc) is 2.64. The van der Waals surface area contributed by atoms with Gasteiger partial charge in [-0.05, 0) is 12.5 Å². The largest absolute Gasteiger partial charge is 0 e. The van der Waals surface area contributed by atoms with Crippen molar-refractivity contribution in [3.8, 4) is 11.5 Å². The summed E-state index contributed by atoms with van der Waals surface area (Å²) < 4.78 is 32.8. The van der Waals surface area contributed by atoms with Crippen LogP contribution in [0, 0.1) is 20.0 Å². The number of nitrogens with zero attached hydrogens (tertiary/aromatic N) is 1. The van der Waals surface area contributed by atoms with Gasteiger partial charge >= 0.3 is 33.9 Å². The molecule has 0 heterocycles. The van der Waals surface area contributed by atoms with E-state index in [0.29, 0.717) is 29.5 Å². The third kappa shape index (κ3) is 13.0. The van der Waals surface area contributed by atoms with E-state index in [9.17, 15) is 0 Å². The van der Waals surface area contributed by atoms with Gasteiger partial charge in [0.25, 0.3) is 0 Å². The summed E-state index contributed by atoms with van der Waals surface area (Å²) >= 11 is 6.07. The second kappa shape index (κ2) is 23.8. The topological polar surface area (TPSA) is 111 Å². The van der Waals surface area contributed by atoms with Crippen LogP contribution in [0.1, 0.15) is 12.0 Å². The first-order chi connectivity index (χ1) is 11.2. The Morgan fingerprint density at radius 1 is 1.08 bits per heavy atom. The van der Waals surface area contributed by atoms with Crippen molar-refractivity contribution in [1.82, 2.24) is 0 Å². The van der Waals surface area contributed by atoms with Crippen LogP contribution in [-0.4, -0.2) is 38.7 Å². The quantitative estimate of drug-likeness (QED) is 0.345. The Balaban J connectivity index is -0.000000256. The van der Waals surface area contributed by atoms with E-state index in [1.807, 2.05) is 0 Å². The number of hydrogen-bond donors (Lipinski definition) is 1. The number of methoxy groups -OCH3 is 2. The number of rotatable bonds is 6. The van der Waals surface area contributed by atoms with Gasteiger partial charge in [-0.15, -0.1) is 0 Å². The van der Waals surface area contributed by atoms with Gasteiger partial charge in [0.05, 0.1) is 19.2 Å². The molecule has 0 radical (unpaired) electrons. The maximum atomic E-state index is 8.63. The minimum Gasteiger partial charge on any atom is 0 e. The summed E-state index contributed by atoms with van der Waals surface area (Å²) in [6, 6.07) is 3.46. The van der Waals surface area contributed by atoms with Crippen LogP contribution >= 0.6 is 11.6 Å². The van der Waals surface area contributed by atoms with Crippen LogP contribution in [0.5, 0.6) is 11.5 Å². The molecule has 0 saturated heterocycles. The fourth-order valence-electron chi connectivity index (χ4n) is 1.29.